The molecule has 1 aromatic carbocycles. The molecule has 2 saturated heterocycles. The first-order valence-corrected chi connectivity index (χ1v) is 14.7. The fourth-order valence-corrected chi connectivity index (χ4v) is 6.47. The normalized spacial score (nSPS) is 23.5. The second-order valence-corrected chi connectivity index (χ2v) is 12.8. The smallest absolute Gasteiger partial charge is 0.417 e. The van der Waals surface area contributed by atoms with E-state index in [0.29, 0.717) is 27.6 Å². The number of nitrogens with one attached hydrogen (secondary N) is 2. The van der Waals surface area contributed by atoms with Crippen LogP contribution in [0, 0.1) is 11.3 Å². The minimum atomic E-state index is -4.95. The minimum Gasteiger partial charge on any atom is -0.443 e. The van der Waals surface area contributed by atoms with Crippen molar-refractivity contribution in [3.05, 3.63) is 52.9 Å². The monoisotopic (exact) mass is 650 g/mol. The first kappa shape index (κ1) is 32.5. The number of nitrogens with zero attached hydrogens (tertiary/aromatic N) is 4. The van der Waals surface area contributed by atoms with Gasteiger partial charge in [-0.15, -0.1) is 0 Å². The van der Waals surface area contributed by atoms with Crippen molar-refractivity contribution in [3.63, 3.8) is 0 Å². The SMILES string of the molecule is CO[C@@H](C)c1c(Nc2ccc([C@@H](C3N(C(=O)OC(C)(C)C)C(=O)CC34C(=O)NCC4C)C(F)(F)F)cc2)cnc2cc(Cl)nn12. The van der Waals surface area contributed by atoms with Gasteiger partial charge in [-0.25, -0.2) is 19.2 Å². The molecule has 3 amide bonds. The number of alkyl halides is 3. The topological polar surface area (TPSA) is 127 Å². The lowest BCUT2D eigenvalue weighted by Gasteiger charge is -2.40. The summed E-state index contributed by atoms with van der Waals surface area (Å²) in [6, 6.07) is 5.11. The molecule has 0 bridgehead atoms. The molecule has 0 saturated carbocycles. The molecular formula is C30H34ClF3N6O5. The molecular weight excluding hydrogens is 617 g/mol. The zero-order valence-electron chi connectivity index (χ0n) is 25.5. The predicted molar refractivity (Wildman–Crippen MR) is 158 cm³/mol. The number of carbonyl (C=O) groups excluding carboxylic acids is 3. The van der Waals surface area contributed by atoms with Crippen molar-refractivity contribution in [2.24, 2.45) is 11.3 Å². The molecule has 2 aliphatic rings. The Morgan fingerprint density at radius 1 is 1.20 bits per heavy atom. The predicted octanol–water partition coefficient (Wildman–Crippen LogP) is 5.77. The summed E-state index contributed by atoms with van der Waals surface area (Å²) in [6.07, 6.45) is -5.65. The van der Waals surface area contributed by atoms with Crippen LogP contribution < -0.4 is 10.6 Å². The van der Waals surface area contributed by atoms with Crippen LogP contribution in [0.25, 0.3) is 5.65 Å². The van der Waals surface area contributed by atoms with Gasteiger partial charge in [-0.2, -0.15) is 18.3 Å². The van der Waals surface area contributed by atoms with E-state index in [1.807, 2.05) is 0 Å². The number of hydrogen-bond donors (Lipinski definition) is 2. The molecule has 15 heteroatoms. The Morgan fingerprint density at radius 3 is 2.42 bits per heavy atom. The highest BCUT2D eigenvalue weighted by Gasteiger charge is 2.69. The Morgan fingerprint density at radius 2 is 1.87 bits per heavy atom. The molecule has 0 aliphatic carbocycles. The maximum atomic E-state index is 15.1. The highest BCUT2D eigenvalue weighted by atomic mass is 35.5. The van der Waals surface area contributed by atoms with Crippen LogP contribution >= 0.6 is 11.6 Å². The molecule has 4 heterocycles. The van der Waals surface area contributed by atoms with Gasteiger partial charge in [0.15, 0.2) is 10.8 Å². The van der Waals surface area contributed by atoms with Crippen molar-refractivity contribution < 1.29 is 37.0 Å². The average molecular weight is 651 g/mol. The van der Waals surface area contributed by atoms with Gasteiger partial charge in [-0.05, 0) is 51.3 Å². The Bertz CT molecular complexity index is 1640. The lowest BCUT2D eigenvalue weighted by molar-refractivity contribution is -0.173. The Kier molecular flexibility index (Phi) is 8.28. The second kappa shape index (κ2) is 11.5. The number of ether oxygens (including phenoxy) is 2. The Labute approximate surface area is 262 Å². The Balaban J connectivity index is 1.57. The van der Waals surface area contributed by atoms with Gasteiger partial charge in [-0.1, -0.05) is 30.7 Å². The summed E-state index contributed by atoms with van der Waals surface area (Å²) in [7, 11) is 1.52. The number of likely N-dealkylation sites (tertiary alicyclic amines) is 1. The van der Waals surface area contributed by atoms with E-state index in [4.69, 9.17) is 21.1 Å². The number of carbonyl (C=O) groups is 3. The summed E-state index contributed by atoms with van der Waals surface area (Å²) in [5, 5.41) is 10.2. The van der Waals surface area contributed by atoms with Gasteiger partial charge in [0.05, 0.1) is 35.1 Å². The molecule has 3 unspecified atom stereocenters. The first-order valence-electron chi connectivity index (χ1n) is 14.3. The standard InChI is InChI=1S/C30H34ClF3N6O5/c1-15-13-36-26(42)29(15)12-22(41)39(27(43)45-28(3,4)5)25(29)23(30(32,33)34)17-7-9-18(10-8-17)37-19-14-35-21-11-20(31)38-40(21)24(19)16(2)44-6/h7-11,14-16,23,25,37H,12-13H2,1-6H3,(H,36,42)/t15?,16-,23-,25?,29?/m0/s1. The number of imide groups is 1. The van der Waals surface area contributed by atoms with Gasteiger partial charge in [0.2, 0.25) is 11.8 Å². The van der Waals surface area contributed by atoms with E-state index in [1.165, 1.54) is 42.1 Å². The highest BCUT2D eigenvalue weighted by molar-refractivity contribution is 6.29. The van der Waals surface area contributed by atoms with Crippen molar-refractivity contribution in [2.45, 2.75) is 70.9 Å². The molecule has 2 fully saturated rings. The quantitative estimate of drug-likeness (QED) is 0.344. The fraction of sp³-hybridized carbons (Fsp3) is 0.500. The van der Waals surface area contributed by atoms with Gasteiger partial charge in [0, 0.05) is 31.8 Å². The van der Waals surface area contributed by atoms with E-state index in [-0.39, 0.29) is 17.3 Å². The number of benzene rings is 1. The van der Waals surface area contributed by atoms with E-state index in [9.17, 15) is 14.4 Å². The van der Waals surface area contributed by atoms with Crippen LogP contribution in [0.3, 0.4) is 0 Å². The Hall–Kier alpha value is -3.91. The van der Waals surface area contributed by atoms with Crippen molar-refractivity contribution >= 4 is 46.5 Å². The van der Waals surface area contributed by atoms with Crippen LogP contribution in [-0.2, 0) is 19.1 Å². The molecule has 11 nitrogen and oxygen atoms in total. The molecule has 2 aliphatic heterocycles. The molecule has 1 spiro atoms. The van der Waals surface area contributed by atoms with E-state index < -0.39 is 65.5 Å². The number of halogens is 4. The highest BCUT2D eigenvalue weighted by Crippen LogP contribution is 2.55. The lowest BCUT2D eigenvalue weighted by atomic mass is 9.66. The summed E-state index contributed by atoms with van der Waals surface area (Å²) in [4.78, 5) is 44.8. The third-order valence-electron chi connectivity index (χ3n) is 8.43. The summed E-state index contributed by atoms with van der Waals surface area (Å²) in [5.74, 6) is -4.65. The maximum absolute atomic E-state index is 15.1. The van der Waals surface area contributed by atoms with Gasteiger partial charge in [0.25, 0.3) is 0 Å². The molecule has 3 aromatic rings. The molecule has 2 N–H and O–H groups in total. The maximum Gasteiger partial charge on any atom is 0.417 e. The third kappa shape index (κ3) is 5.81. The van der Waals surface area contributed by atoms with Gasteiger partial charge < -0.3 is 20.1 Å². The minimum absolute atomic E-state index is 0.0697. The number of aromatic nitrogens is 3. The van der Waals surface area contributed by atoms with Crippen molar-refractivity contribution in [1.82, 2.24) is 24.8 Å². The number of rotatable bonds is 6. The molecule has 5 rings (SSSR count). The van der Waals surface area contributed by atoms with Crippen molar-refractivity contribution in [3.8, 4) is 0 Å². The largest absolute Gasteiger partial charge is 0.443 e. The number of methoxy groups -OCH3 is 1. The summed E-state index contributed by atoms with van der Waals surface area (Å²) >= 11 is 6.08. The van der Waals surface area contributed by atoms with E-state index in [0.717, 1.165) is 0 Å². The molecule has 2 aromatic heterocycles. The zero-order valence-corrected chi connectivity index (χ0v) is 26.3. The van der Waals surface area contributed by atoms with Crippen molar-refractivity contribution in [2.75, 3.05) is 19.0 Å². The fourth-order valence-electron chi connectivity index (χ4n) is 6.30. The molecule has 45 heavy (non-hydrogen) atoms. The number of fused-ring (bicyclic) bond motifs is 1. The third-order valence-corrected chi connectivity index (χ3v) is 8.61. The van der Waals surface area contributed by atoms with E-state index in [2.05, 4.69) is 20.7 Å². The van der Waals surface area contributed by atoms with Gasteiger partial charge >= 0.3 is 12.3 Å². The van der Waals surface area contributed by atoms with Crippen LogP contribution in [0.1, 0.15) is 64.3 Å². The summed E-state index contributed by atoms with van der Waals surface area (Å²) in [5.41, 5.74) is -1.18. The zero-order chi connectivity index (χ0) is 33.1. The molecule has 5 atom stereocenters. The van der Waals surface area contributed by atoms with E-state index >= 15 is 13.2 Å². The summed E-state index contributed by atoms with van der Waals surface area (Å²) in [6.45, 7) is 8.10. The summed E-state index contributed by atoms with van der Waals surface area (Å²) < 4.78 is 57.8. The van der Waals surface area contributed by atoms with Crippen LogP contribution in [0.15, 0.2) is 36.5 Å². The number of amides is 3. The number of anilines is 2. The molecule has 0 radical (unpaired) electrons. The second-order valence-electron chi connectivity index (χ2n) is 12.5. The van der Waals surface area contributed by atoms with Gasteiger partial charge in [-0.3, -0.25) is 9.59 Å². The lowest BCUT2D eigenvalue weighted by Crippen LogP contribution is -2.55. The van der Waals surface area contributed by atoms with Crippen LogP contribution in [0.4, 0.5) is 29.3 Å². The van der Waals surface area contributed by atoms with Gasteiger partial charge in [0.1, 0.15) is 11.5 Å². The van der Waals surface area contributed by atoms with Crippen LogP contribution in [0.2, 0.25) is 5.15 Å². The van der Waals surface area contributed by atoms with E-state index in [1.54, 1.807) is 40.7 Å². The molecule has 242 valence electrons. The average Bonchev–Trinajstić information content (AvgIpc) is 3.56. The van der Waals surface area contributed by atoms with Crippen LogP contribution in [0.5, 0.6) is 0 Å². The number of hydrogen-bond acceptors (Lipinski definition) is 8. The first-order chi connectivity index (χ1) is 21.0. The van der Waals surface area contributed by atoms with Crippen molar-refractivity contribution in [1.29, 1.82) is 0 Å². The van der Waals surface area contributed by atoms with Crippen LogP contribution in [-0.4, -0.2) is 68.9 Å².